The van der Waals surface area contributed by atoms with Gasteiger partial charge in [0.25, 0.3) is 0 Å². The minimum absolute atomic E-state index is 0.151. The number of carbonyl (C=O) groups is 1. The maximum atomic E-state index is 11.0. The monoisotopic (exact) mass is 318 g/mol. The van der Waals surface area contributed by atoms with Crippen molar-refractivity contribution in [3.05, 3.63) is 82.9 Å². The van der Waals surface area contributed by atoms with Crippen LogP contribution < -0.4 is 0 Å². The third-order valence-corrected chi connectivity index (χ3v) is 4.92. The Morgan fingerprint density at radius 2 is 1.62 bits per heavy atom. The van der Waals surface area contributed by atoms with E-state index in [0.717, 1.165) is 23.1 Å². The van der Waals surface area contributed by atoms with E-state index in [4.69, 9.17) is 5.11 Å². The zero-order chi connectivity index (χ0) is 17.5. The number of rotatable bonds is 3. The first-order valence-corrected chi connectivity index (χ1v) is 8.14. The van der Waals surface area contributed by atoms with E-state index in [9.17, 15) is 4.79 Å². The molecule has 0 atom stereocenters. The van der Waals surface area contributed by atoms with E-state index in [1.54, 1.807) is 12.1 Å². The van der Waals surface area contributed by atoms with Gasteiger partial charge in [-0.05, 0) is 70.4 Å². The number of carboxylic acid groups (broad SMARTS) is 1. The van der Waals surface area contributed by atoms with Gasteiger partial charge in [0.1, 0.15) is 0 Å². The molecule has 24 heavy (non-hydrogen) atoms. The lowest BCUT2D eigenvalue weighted by Gasteiger charge is -2.31. The van der Waals surface area contributed by atoms with Gasteiger partial charge < -0.3 is 5.11 Å². The molecule has 0 saturated heterocycles. The highest BCUT2D eigenvalue weighted by molar-refractivity contribution is 5.89. The zero-order valence-electron chi connectivity index (χ0n) is 14.4. The summed E-state index contributed by atoms with van der Waals surface area (Å²) < 4.78 is 0. The second-order valence-electron chi connectivity index (χ2n) is 7.10. The minimum Gasteiger partial charge on any atom is -0.478 e. The van der Waals surface area contributed by atoms with Gasteiger partial charge in [-0.15, -0.1) is 0 Å². The molecule has 122 valence electrons. The molecule has 0 saturated carbocycles. The fraction of sp³-hybridized carbons (Fsp3) is 0.227. The maximum Gasteiger partial charge on any atom is 0.335 e. The van der Waals surface area contributed by atoms with Crippen LogP contribution >= 0.6 is 0 Å². The topological polar surface area (TPSA) is 37.3 Å². The summed E-state index contributed by atoms with van der Waals surface area (Å²) in [6, 6.07) is 13.4. The number of allylic oxidation sites excluding steroid dienone is 2. The van der Waals surface area contributed by atoms with E-state index in [1.807, 2.05) is 12.1 Å². The highest BCUT2D eigenvalue weighted by Gasteiger charge is 2.26. The molecule has 0 bridgehead atoms. The van der Waals surface area contributed by atoms with Crippen LogP contribution in [0.5, 0.6) is 0 Å². The summed E-state index contributed by atoms with van der Waals surface area (Å²) in [5.74, 6) is -0.913. The Bertz CT molecular complexity index is 852. The molecule has 2 aromatic rings. The minimum atomic E-state index is -0.913. The highest BCUT2D eigenvalue weighted by Crippen LogP contribution is 2.40. The Balaban J connectivity index is 1.99. The van der Waals surface area contributed by atoms with Crippen molar-refractivity contribution >= 4 is 17.1 Å². The SMILES string of the molecule is C=C(c1ccc(C(=O)O)cc1)c1ccc2c(c1)C(C)=CCC2(C)C. The molecule has 2 aromatic carbocycles. The summed E-state index contributed by atoms with van der Waals surface area (Å²) in [5, 5.41) is 9.01. The summed E-state index contributed by atoms with van der Waals surface area (Å²) in [5.41, 5.74) is 7.33. The third kappa shape index (κ3) is 2.80. The molecular weight excluding hydrogens is 296 g/mol. The predicted molar refractivity (Wildman–Crippen MR) is 99.3 cm³/mol. The van der Waals surface area contributed by atoms with E-state index in [0.29, 0.717) is 0 Å². The van der Waals surface area contributed by atoms with Crippen LogP contribution in [0.15, 0.2) is 55.1 Å². The summed E-state index contributed by atoms with van der Waals surface area (Å²) >= 11 is 0. The molecule has 0 aliphatic heterocycles. The largest absolute Gasteiger partial charge is 0.478 e. The molecule has 0 radical (unpaired) electrons. The molecule has 0 unspecified atom stereocenters. The van der Waals surface area contributed by atoms with Gasteiger partial charge in [-0.1, -0.05) is 50.8 Å². The number of fused-ring (bicyclic) bond motifs is 1. The first kappa shape index (κ1) is 16.3. The van der Waals surface area contributed by atoms with Gasteiger partial charge in [0.05, 0.1) is 5.56 Å². The lowest BCUT2D eigenvalue weighted by molar-refractivity contribution is 0.0697. The normalized spacial score (nSPS) is 15.4. The first-order valence-electron chi connectivity index (χ1n) is 8.14. The van der Waals surface area contributed by atoms with Crippen LogP contribution in [-0.2, 0) is 5.41 Å². The van der Waals surface area contributed by atoms with Gasteiger partial charge in [-0.3, -0.25) is 0 Å². The summed E-state index contributed by atoms with van der Waals surface area (Å²) in [4.78, 5) is 11.0. The average Bonchev–Trinajstić information content (AvgIpc) is 2.57. The molecule has 0 fully saturated rings. The predicted octanol–water partition coefficient (Wildman–Crippen LogP) is 5.53. The quantitative estimate of drug-likeness (QED) is 0.807. The van der Waals surface area contributed by atoms with Crippen LogP contribution in [0.25, 0.3) is 11.1 Å². The van der Waals surface area contributed by atoms with Crippen LogP contribution in [-0.4, -0.2) is 11.1 Å². The Labute approximate surface area is 143 Å². The Hall–Kier alpha value is -2.61. The number of carboxylic acids is 1. The highest BCUT2D eigenvalue weighted by atomic mass is 16.4. The Morgan fingerprint density at radius 3 is 2.25 bits per heavy atom. The Kier molecular flexibility index (Phi) is 3.92. The van der Waals surface area contributed by atoms with E-state index in [1.165, 1.54) is 16.7 Å². The molecular formula is C22H22O2. The number of hydrogen-bond donors (Lipinski definition) is 1. The molecule has 0 spiro atoms. The van der Waals surface area contributed by atoms with E-state index < -0.39 is 5.97 Å². The second-order valence-corrected chi connectivity index (χ2v) is 7.10. The van der Waals surface area contributed by atoms with Crippen molar-refractivity contribution in [2.24, 2.45) is 0 Å². The molecule has 1 N–H and O–H groups in total. The summed E-state index contributed by atoms with van der Waals surface area (Å²) in [6.07, 6.45) is 3.36. The molecule has 1 aliphatic carbocycles. The lowest BCUT2D eigenvalue weighted by Crippen LogP contribution is -2.21. The van der Waals surface area contributed by atoms with E-state index >= 15 is 0 Å². The van der Waals surface area contributed by atoms with E-state index in [2.05, 4.69) is 51.6 Å². The van der Waals surface area contributed by atoms with Crippen LogP contribution in [0, 0.1) is 0 Å². The smallest absolute Gasteiger partial charge is 0.335 e. The molecule has 1 aliphatic rings. The molecule has 2 heteroatoms. The standard InChI is InChI=1S/C22H22O2/c1-14-11-12-22(3,4)20-10-9-18(13-19(14)20)15(2)16-5-7-17(8-6-16)21(23)24/h5-11,13H,2,12H2,1,3-4H3,(H,23,24). The van der Waals surface area contributed by atoms with Crippen LogP contribution in [0.1, 0.15) is 59.8 Å². The average molecular weight is 318 g/mol. The van der Waals surface area contributed by atoms with Gasteiger partial charge >= 0.3 is 5.97 Å². The van der Waals surface area contributed by atoms with Crippen LogP contribution in [0.2, 0.25) is 0 Å². The molecule has 0 amide bonds. The van der Waals surface area contributed by atoms with Crippen molar-refractivity contribution in [3.63, 3.8) is 0 Å². The fourth-order valence-corrected chi connectivity index (χ4v) is 3.26. The summed E-state index contributed by atoms with van der Waals surface area (Å²) in [7, 11) is 0. The van der Waals surface area contributed by atoms with Gasteiger partial charge in [-0.2, -0.15) is 0 Å². The van der Waals surface area contributed by atoms with Gasteiger partial charge in [0, 0.05) is 0 Å². The van der Waals surface area contributed by atoms with Crippen molar-refractivity contribution in [2.75, 3.05) is 0 Å². The zero-order valence-corrected chi connectivity index (χ0v) is 14.4. The Morgan fingerprint density at radius 1 is 1.04 bits per heavy atom. The molecule has 3 rings (SSSR count). The van der Waals surface area contributed by atoms with Gasteiger partial charge in [0.2, 0.25) is 0 Å². The van der Waals surface area contributed by atoms with Crippen molar-refractivity contribution < 1.29 is 9.90 Å². The van der Waals surface area contributed by atoms with Crippen LogP contribution in [0.3, 0.4) is 0 Å². The van der Waals surface area contributed by atoms with Gasteiger partial charge in [-0.25, -0.2) is 4.79 Å². The number of benzene rings is 2. The van der Waals surface area contributed by atoms with Crippen molar-refractivity contribution in [1.82, 2.24) is 0 Å². The van der Waals surface area contributed by atoms with Crippen LogP contribution in [0.4, 0.5) is 0 Å². The molecule has 2 nitrogen and oxygen atoms in total. The van der Waals surface area contributed by atoms with Crippen molar-refractivity contribution in [2.45, 2.75) is 32.6 Å². The summed E-state index contributed by atoms with van der Waals surface area (Å²) in [6.45, 7) is 10.9. The molecule has 0 heterocycles. The number of aromatic carboxylic acids is 1. The number of hydrogen-bond acceptors (Lipinski definition) is 1. The van der Waals surface area contributed by atoms with E-state index in [-0.39, 0.29) is 11.0 Å². The van der Waals surface area contributed by atoms with Crippen molar-refractivity contribution in [3.8, 4) is 0 Å². The van der Waals surface area contributed by atoms with Crippen molar-refractivity contribution in [1.29, 1.82) is 0 Å². The second kappa shape index (κ2) is 5.79. The fourth-order valence-electron chi connectivity index (χ4n) is 3.26. The first-order chi connectivity index (χ1) is 11.3. The lowest BCUT2D eigenvalue weighted by atomic mass is 9.73. The molecule has 0 aromatic heterocycles. The van der Waals surface area contributed by atoms with Gasteiger partial charge in [0.15, 0.2) is 0 Å². The third-order valence-electron chi connectivity index (χ3n) is 4.92. The maximum absolute atomic E-state index is 11.0.